The van der Waals surface area contributed by atoms with Crippen LogP contribution in [-0.2, 0) is 4.79 Å². The molecule has 1 unspecified atom stereocenters. The Kier molecular flexibility index (Phi) is 7.43. The van der Waals surface area contributed by atoms with Crippen molar-refractivity contribution in [2.45, 2.75) is 46.1 Å². The summed E-state index contributed by atoms with van der Waals surface area (Å²) in [6, 6.07) is 6.73. The molecule has 0 radical (unpaired) electrons. The number of rotatable bonds is 9. The molecule has 0 aliphatic heterocycles. The fraction of sp³-hybridized carbons (Fsp3) is 0.529. The van der Waals surface area contributed by atoms with Gasteiger partial charge in [0.15, 0.2) is 0 Å². The molecular weight excluding hydrogens is 280 g/mol. The number of hydrogen-bond acceptors (Lipinski definition) is 3. The summed E-state index contributed by atoms with van der Waals surface area (Å²) in [5, 5.41) is 2.97. The van der Waals surface area contributed by atoms with Crippen LogP contribution in [-0.4, -0.2) is 24.5 Å². The zero-order chi connectivity index (χ0) is 16.5. The van der Waals surface area contributed by atoms with Crippen LogP contribution in [0.3, 0.4) is 0 Å². The summed E-state index contributed by atoms with van der Waals surface area (Å²) in [5.74, 6) is 0.781. The third-order valence-corrected chi connectivity index (χ3v) is 3.32. The molecule has 0 spiro atoms. The zero-order valence-corrected chi connectivity index (χ0v) is 13.6. The third kappa shape index (κ3) is 7.11. The Bertz CT molecular complexity index is 483. The van der Waals surface area contributed by atoms with E-state index in [9.17, 15) is 9.59 Å². The second-order valence-electron chi connectivity index (χ2n) is 5.93. The summed E-state index contributed by atoms with van der Waals surface area (Å²) in [6.45, 7) is 6.67. The van der Waals surface area contributed by atoms with E-state index in [0.29, 0.717) is 30.3 Å². The Morgan fingerprint density at radius 1 is 1.14 bits per heavy atom. The van der Waals surface area contributed by atoms with E-state index in [2.05, 4.69) is 19.2 Å². The van der Waals surface area contributed by atoms with E-state index in [4.69, 9.17) is 10.5 Å². The van der Waals surface area contributed by atoms with Crippen LogP contribution in [0.25, 0.3) is 0 Å². The van der Waals surface area contributed by atoms with E-state index in [1.807, 2.05) is 6.92 Å². The summed E-state index contributed by atoms with van der Waals surface area (Å²) >= 11 is 0. The average Bonchev–Trinajstić information content (AvgIpc) is 2.45. The van der Waals surface area contributed by atoms with E-state index in [1.54, 1.807) is 24.3 Å². The quantitative estimate of drug-likeness (QED) is 0.735. The molecule has 5 heteroatoms. The van der Waals surface area contributed by atoms with Gasteiger partial charge in [-0.2, -0.15) is 0 Å². The first-order chi connectivity index (χ1) is 10.4. The fourth-order valence-electron chi connectivity index (χ4n) is 1.98. The lowest BCUT2D eigenvalue weighted by Crippen LogP contribution is -2.33. The van der Waals surface area contributed by atoms with Gasteiger partial charge in [-0.1, -0.05) is 13.8 Å². The monoisotopic (exact) mass is 306 g/mol. The average molecular weight is 306 g/mol. The van der Waals surface area contributed by atoms with Gasteiger partial charge in [0.25, 0.3) is 0 Å². The molecule has 1 aromatic carbocycles. The molecule has 2 amide bonds. The van der Waals surface area contributed by atoms with Crippen LogP contribution >= 0.6 is 0 Å². The first-order valence-corrected chi connectivity index (χ1v) is 7.70. The lowest BCUT2D eigenvalue weighted by atomic mass is 10.0. The van der Waals surface area contributed by atoms with Crippen molar-refractivity contribution in [3.05, 3.63) is 29.8 Å². The minimum Gasteiger partial charge on any atom is -0.493 e. The Morgan fingerprint density at radius 2 is 1.77 bits per heavy atom. The Hall–Kier alpha value is -2.04. The summed E-state index contributed by atoms with van der Waals surface area (Å²) in [7, 11) is 0. The Balaban J connectivity index is 2.25. The second kappa shape index (κ2) is 9.07. The fourth-order valence-corrected chi connectivity index (χ4v) is 1.98. The van der Waals surface area contributed by atoms with Gasteiger partial charge in [0.2, 0.25) is 11.8 Å². The molecule has 22 heavy (non-hydrogen) atoms. The van der Waals surface area contributed by atoms with Crippen LogP contribution in [0.15, 0.2) is 24.3 Å². The van der Waals surface area contributed by atoms with Crippen LogP contribution in [0.2, 0.25) is 0 Å². The molecule has 0 aliphatic carbocycles. The predicted octanol–water partition coefficient (Wildman–Crippen LogP) is 2.50. The number of nitrogens with one attached hydrogen (secondary N) is 1. The summed E-state index contributed by atoms with van der Waals surface area (Å²) < 4.78 is 5.48. The number of carbonyl (C=O) groups is 2. The van der Waals surface area contributed by atoms with Gasteiger partial charge in [0.05, 0.1) is 13.0 Å². The van der Waals surface area contributed by atoms with E-state index in [1.165, 1.54) is 0 Å². The summed E-state index contributed by atoms with van der Waals surface area (Å²) in [4.78, 5) is 22.7. The van der Waals surface area contributed by atoms with Gasteiger partial charge in [-0.3, -0.25) is 9.59 Å². The van der Waals surface area contributed by atoms with Crippen molar-refractivity contribution in [2.24, 2.45) is 11.7 Å². The third-order valence-electron chi connectivity index (χ3n) is 3.32. The molecule has 1 aromatic rings. The highest BCUT2D eigenvalue weighted by molar-refractivity contribution is 5.92. The maximum Gasteiger partial charge on any atom is 0.248 e. The van der Waals surface area contributed by atoms with Crippen LogP contribution in [0.5, 0.6) is 5.75 Å². The van der Waals surface area contributed by atoms with Crippen LogP contribution < -0.4 is 15.8 Å². The molecule has 0 aromatic heterocycles. The molecule has 3 N–H and O–H groups in total. The number of ether oxygens (including phenoxy) is 1. The van der Waals surface area contributed by atoms with Crippen molar-refractivity contribution in [3.63, 3.8) is 0 Å². The maximum absolute atomic E-state index is 11.8. The minimum atomic E-state index is -0.471. The van der Waals surface area contributed by atoms with Crippen molar-refractivity contribution in [2.75, 3.05) is 6.61 Å². The molecule has 0 bridgehead atoms. The lowest BCUT2D eigenvalue weighted by Gasteiger charge is -2.15. The van der Waals surface area contributed by atoms with Gasteiger partial charge in [-0.05, 0) is 49.9 Å². The van der Waals surface area contributed by atoms with Gasteiger partial charge in [-0.15, -0.1) is 0 Å². The standard InChI is InChI=1S/C17H26N2O3/c1-12(2)4-5-13(3)19-16(20)10-11-22-15-8-6-14(7-9-15)17(18)21/h6-9,12-13H,4-5,10-11H2,1-3H3,(H2,18,21)(H,19,20). The smallest absolute Gasteiger partial charge is 0.248 e. The molecule has 1 atom stereocenters. The van der Waals surface area contributed by atoms with Crippen molar-refractivity contribution >= 4 is 11.8 Å². The molecule has 0 saturated heterocycles. The van der Waals surface area contributed by atoms with Gasteiger partial charge in [-0.25, -0.2) is 0 Å². The van der Waals surface area contributed by atoms with Gasteiger partial charge < -0.3 is 15.8 Å². The molecule has 0 fully saturated rings. The van der Waals surface area contributed by atoms with Crippen LogP contribution in [0, 0.1) is 5.92 Å². The molecule has 0 aliphatic rings. The van der Waals surface area contributed by atoms with E-state index in [0.717, 1.165) is 12.8 Å². The van der Waals surface area contributed by atoms with Crippen molar-refractivity contribution < 1.29 is 14.3 Å². The van der Waals surface area contributed by atoms with E-state index >= 15 is 0 Å². The molecule has 122 valence electrons. The van der Waals surface area contributed by atoms with Crippen molar-refractivity contribution in [1.82, 2.24) is 5.32 Å². The summed E-state index contributed by atoms with van der Waals surface area (Å²) in [6.07, 6.45) is 2.40. The number of hydrogen-bond donors (Lipinski definition) is 2. The first-order valence-electron chi connectivity index (χ1n) is 7.70. The van der Waals surface area contributed by atoms with Gasteiger partial charge in [0.1, 0.15) is 5.75 Å². The minimum absolute atomic E-state index is 0.00925. The number of primary amides is 1. The molecule has 5 nitrogen and oxygen atoms in total. The van der Waals surface area contributed by atoms with Crippen molar-refractivity contribution in [3.8, 4) is 5.75 Å². The highest BCUT2D eigenvalue weighted by atomic mass is 16.5. The second-order valence-corrected chi connectivity index (χ2v) is 5.93. The highest BCUT2D eigenvalue weighted by Crippen LogP contribution is 2.12. The number of benzene rings is 1. The van der Waals surface area contributed by atoms with Crippen LogP contribution in [0.4, 0.5) is 0 Å². The first kappa shape index (κ1) is 18.0. The predicted molar refractivity (Wildman–Crippen MR) is 86.7 cm³/mol. The largest absolute Gasteiger partial charge is 0.493 e. The molecular formula is C17H26N2O3. The van der Waals surface area contributed by atoms with Gasteiger partial charge >= 0.3 is 0 Å². The van der Waals surface area contributed by atoms with E-state index in [-0.39, 0.29) is 11.9 Å². The number of amides is 2. The topological polar surface area (TPSA) is 81.4 Å². The molecule has 0 heterocycles. The molecule has 1 rings (SSSR count). The Labute approximate surface area is 132 Å². The van der Waals surface area contributed by atoms with Gasteiger partial charge in [0, 0.05) is 11.6 Å². The molecule has 0 saturated carbocycles. The normalized spacial score (nSPS) is 12.0. The number of carbonyl (C=O) groups excluding carboxylic acids is 2. The van der Waals surface area contributed by atoms with Crippen LogP contribution in [0.1, 0.15) is 50.4 Å². The highest BCUT2D eigenvalue weighted by Gasteiger charge is 2.08. The SMILES string of the molecule is CC(C)CCC(C)NC(=O)CCOc1ccc(C(N)=O)cc1. The Morgan fingerprint density at radius 3 is 2.32 bits per heavy atom. The van der Waals surface area contributed by atoms with Crippen molar-refractivity contribution in [1.29, 1.82) is 0 Å². The lowest BCUT2D eigenvalue weighted by molar-refractivity contribution is -0.122. The zero-order valence-electron chi connectivity index (χ0n) is 13.6. The maximum atomic E-state index is 11.8. The number of nitrogens with two attached hydrogens (primary N) is 1. The van der Waals surface area contributed by atoms with E-state index < -0.39 is 5.91 Å². The summed E-state index contributed by atoms with van der Waals surface area (Å²) in [5.41, 5.74) is 5.59.